The van der Waals surface area contributed by atoms with Crippen LogP contribution < -0.4 is 19.5 Å². The van der Waals surface area contributed by atoms with Gasteiger partial charge in [-0.3, -0.25) is 14.4 Å². The Bertz CT molecular complexity index is 1360. The Morgan fingerprint density at radius 3 is 2.57 bits per heavy atom. The molecule has 238 valence electrons. The molecule has 0 radical (unpaired) electrons. The van der Waals surface area contributed by atoms with Gasteiger partial charge in [-0.25, -0.2) is 0 Å². The quantitative estimate of drug-likeness (QED) is 0.176. The molecule has 0 aromatic heterocycles. The Morgan fingerprint density at radius 2 is 1.91 bits per heavy atom. The number of halogens is 1. The molecule has 3 atom stereocenters. The maximum atomic E-state index is 13.7. The Kier molecular flexibility index (Phi) is 13.6. The van der Waals surface area contributed by atoms with E-state index < -0.39 is 24.2 Å². The van der Waals surface area contributed by atoms with Gasteiger partial charge in [-0.2, -0.15) is 0 Å². The summed E-state index contributed by atoms with van der Waals surface area (Å²) in [6.45, 7) is 1.46. The lowest BCUT2D eigenvalue weighted by atomic mass is 9.87. The Labute approximate surface area is 270 Å². The van der Waals surface area contributed by atoms with Crippen LogP contribution in [0, 0.1) is 3.57 Å². The van der Waals surface area contributed by atoms with E-state index in [1.807, 2.05) is 46.9 Å². The largest absolute Gasteiger partial charge is 0.497 e. The minimum atomic E-state index is -1.25. The number of nitrogens with one attached hydrogen (secondary N) is 1. The van der Waals surface area contributed by atoms with Crippen molar-refractivity contribution in [2.75, 3.05) is 33.9 Å². The van der Waals surface area contributed by atoms with Crippen molar-refractivity contribution >= 4 is 46.5 Å². The number of nitrogens with zero attached hydrogens (tertiary/aromatic N) is 1. The number of aliphatic hydroxyl groups excluding tert-OH is 2. The van der Waals surface area contributed by atoms with Crippen LogP contribution in [-0.2, 0) is 20.8 Å². The second-order valence-corrected chi connectivity index (χ2v) is 11.6. The molecule has 3 N–H and O–H groups in total. The number of hydrogen-bond acceptors (Lipinski definition) is 9. The average molecular weight is 723 g/mol. The lowest BCUT2D eigenvalue weighted by Gasteiger charge is -2.41. The minimum absolute atomic E-state index is 0.0251. The van der Waals surface area contributed by atoms with Crippen molar-refractivity contribution < 1.29 is 43.6 Å². The summed E-state index contributed by atoms with van der Waals surface area (Å²) in [4.78, 5) is 51.3. The fourth-order valence-electron chi connectivity index (χ4n) is 5.02. The van der Waals surface area contributed by atoms with E-state index in [4.69, 9.17) is 14.2 Å². The summed E-state index contributed by atoms with van der Waals surface area (Å²) in [5, 5.41) is 23.6. The molecule has 0 aliphatic heterocycles. The number of ketones is 1. The van der Waals surface area contributed by atoms with Crippen LogP contribution in [0.2, 0.25) is 0 Å². The van der Waals surface area contributed by atoms with E-state index in [0.717, 1.165) is 5.56 Å². The molecule has 0 fully saturated rings. The molecule has 0 saturated heterocycles. The molecular weight excluding hydrogens is 683 g/mol. The van der Waals surface area contributed by atoms with Crippen LogP contribution in [-0.4, -0.2) is 91.2 Å². The number of aliphatic hydroxyl groups is 2. The highest BCUT2D eigenvalue weighted by Gasteiger charge is 2.40. The smallest absolute Gasteiger partial charge is 0.247 e. The van der Waals surface area contributed by atoms with E-state index in [1.54, 1.807) is 18.1 Å². The number of carbonyl (C=O) groups is 4. The van der Waals surface area contributed by atoms with Gasteiger partial charge in [0.1, 0.15) is 30.0 Å². The number of benzene rings is 2. The molecule has 1 aliphatic rings. The van der Waals surface area contributed by atoms with Gasteiger partial charge in [-0.05, 0) is 78.3 Å². The molecule has 0 bridgehead atoms. The Morgan fingerprint density at radius 1 is 1.14 bits per heavy atom. The first kappa shape index (κ1) is 35.0. The summed E-state index contributed by atoms with van der Waals surface area (Å²) in [6, 6.07) is 9.71. The zero-order chi connectivity index (χ0) is 32.2. The predicted molar refractivity (Wildman–Crippen MR) is 171 cm³/mol. The van der Waals surface area contributed by atoms with E-state index in [9.17, 15) is 29.4 Å². The van der Waals surface area contributed by atoms with Crippen LogP contribution in [0.5, 0.6) is 17.2 Å². The van der Waals surface area contributed by atoms with Gasteiger partial charge in [-0.1, -0.05) is 12.1 Å². The zero-order valence-electron chi connectivity index (χ0n) is 25.1. The summed E-state index contributed by atoms with van der Waals surface area (Å²) in [7, 11) is 3.00. The molecular formula is C32H39IN2O9. The van der Waals surface area contributed by atoms with Crippen molar-refractivity contribution in [1.29, 1.82) is 0 Å². The first-order valence-corrected chi connectivity index (χ1v) is 15.4. The highest BCUT2D eigenvalue weighted by Crippen LogP contribution is 2.37. The monoisotopic (exact) mass is 722 g/mol. The van der Waals surface area contributed by atoms with Crippen LogP contribution in [0.15, 0.2) is 48.0 Å². The van der Waals surface area contributed by atoms with Gasteiger partial charge < -0.3 is 39.4 Å². The first-order valence-electron chi connectivity index (χ1n) is 14.3. The van der Waals surface area contributed by atoms with Gasteiger partial charge in [-0.15, -0.1) is 0 Å². The molecule has 0 saturated carbocycles. The summed E-state index contributed by atoms with van der Waals surface area (Å²) in [5.41, 5.74) is 1.57. The van der Waals surface area contributed by atoms with Crippen LogP contribution >= 0.6 is 22.6 Å². The molecule has 0 heterocycles. The molecule has 0 unspecified atom stereocenters. The highest BCUT2D eigenvalue weighted by atomic mass is 127. The van der Waals surface area contributed by atoms with Crippen molar-refractivity contribution in [2.45, 2.75) is 57.3 Å². The lowest BCUT2D eigenvalue weighted by molar-refractivity contribution is -0.138. The molecule has 12 heteroatoms. The van der Waals surface area contributed by atoms with Crippen molar-refractivity contribution in [3.63, 3.8) is 0 Å². The Balaban J connectivity index is 2.00. The van der Waals surface area contributed by atoms with Crippen molar-refractivity contribution in [1.82, 2.24) is 10.2 Å². The fraction of sp³-hybridized carbons (Fsp3) is 0.438. The van der Waals surface area contributed by atoms with Crippen molar-refractivity contribution in [2.24, 2.45) is 0 Å². The normalized spacial score (nSPS) is 17.7. The number of aldehydes is 1. The molecule has 2 aromatic carbocycles. The van der Waals surface area contributed by atoms with Crippen molar-refractivity contribution in [3.05, 3.63) is 62.7 Å². The highest BCUT2D eigenvalue weighted by molar-refractivity contribution is 14.1. The predicted octanol–water partition coefficient (Wildman–Crippen LogP) is 2.87. The van der Waals surface area contributed by atoms with Gasteiger partial charge in [0.25, 0.3) is 0 Å². The maximum Gasteiger partial charge on any atom is 0.247 e. The number of methoxy groups -OCH3 is 2. The average Bonchev–Trinajstić information content (AvgIpc) is 3.01. The van der Waals surface area contributed by atoms with E-state index in [0.29, 0.717) is 34.0 Å². The molecule has 44 heavy (non-hydrogen) atoms. The molecule has 2 aromatic rings. The topological polar surface area (TPSA) is 152 Å². The summed E-state index contributed by atoms with van der Waals surface area (Å²) < 4.78 is 17.6. The molecule has 11 nitrogen and oxygen atoms in total. The Hall–Kier alpha value is -3.49. The van der Waals surface area contributed by atoms with E-state index in [-0.39, 0.29) is 67.7 Å². The summed E-state index contributed by atoms with van der Waals surface area (Å²) >= 11 is 2.00. The standard InChI is InChI=1S/C32H39IN2O9/c1-20(38)6-4-9-29(39)35(12-10-21-7-5-8-24(14-21)42-2)26-17-23(32(41)34-11-13-36)18-27(30(26)40)44-31-25(33)15-22(19-37)16-28(31)43-3/h5,7-8,14-16,18-19,26-27,30,36,40H,4,6,9-13,17H2,1-3H3,(H,34,41)/t26-,27+,30+/m1/s1. The van der Waals surface area contributed by atoms with E-state index >= 15 is 0 Å². The van der Waals surface area contributed by atoms with Gasteiger partial charge >= 0.3 is 0 Å². The first-order chi connectivity index (χ1) is 21.1. The number of rotatable bonds is 16. The van der Waals surface area contributed by atoms with E-state index in [2.05, 4.69) is 5.32 Å². The van der Waals surface area contributed by atoms with Crippen molar-refractivity contribution in [3.8, 4) is 17.2 Å². The number of carbonyl (C=O) groups excluding carboxylic acids is 4. The SMILES string of the molecule is COc1cccc(CCN(C(=O)CCCC(C)=O)[C@@H]2CC(C(=O)NCCO)=C[C@H](Oc3c(I)cc(C=O)cc3OC)[C@H]2O)c1. The van der Waals surface area contributed by atoms with Gasteiger partial charge in [0.2, 0.25) is 11.8 Å². The number of hydrogen-bond donors (Lipinski definition) is 3. The third-order valence-corrected chi connectivity index (χ3v) is 8.07. The van der Waals surface area contributed by atoms with Crippen LogP contribution in [0.1, 0.15) is 48.5 Å². The van der Waals surface area contributed by atoms with E-state index in [1.165, 1.54) is 26.2 Å². The molecule has 2 amide bonds. The number of amides is 2. The van der Waals surface area contributed by atoms with Crippen LogP contribution in [0.25, 0.3) is 0 Å². The molecule has 0 spiro atoms. The third-order valence-electron chi connectivity index (χ3n) is 7.27. The number of Topliss-reactive ketones (excluding diaryl/α,β-unsaturated/α-hetero) is 1. The zero-order valence-corrected chi connectivity index (χ0v) is 27.2. The maximum absolute atomic E-state index is 13.7. The molecule has 3 rings (SSSR count). The van der Waals surface area contributed by atoms with Gasteiger partial charge in [0, 0.05) is 43.5 Å². The minimum Gasteiger partial charge on any atom is -0.497 e. The summed E-state index contributed by atoms with van der Waals surface area (Å²) in [5.74, 6) is 0.453. The molecule has 1 aliphatic carbocycles. The van der Waals surface area contributed by atoms with Crippen LogP contribution in [0.3, 0.4) is 0 Å². The third kappa shape index (κ3) is 9.50. The number of ether oxygens (including phenoxy) is 3. The second-order valence-electron chi connectivity index (χ2n) is 10.4. The fourth-order valence-corrected chi connectivity index (χ4v) is 5.78. The van der Waals surface area contributed by atoms with Crippen LogP contribution in [0.4, 0.5) is 0 Å². The lowest BCUT2D eigenvalue weighted by Crippen LogP contribution is -2.55. The van der Waals surface area contributed by atoms with Gasteiger partial charge in [0.05, 0.1) is 30.4 Å². The second kappa shape index (κ2) is 17.1. The van der Waals surface area contributed by atoms with Gasteiger partial charge in [0.15, 0.2) is 11.5 Å². The summed E-state index contributed by atoms with van der Waals surface area (Å²) in [6.07, 6.45) is 1.03.